The molecule has 2 N–H and O–H groups in total. The number of carboxylic acid groups (broad SMARTS) is 1. The lowest BCUT2D eigenvalue weighted by Crippen LogP contribution is -2.48. The van der Waals surface area contributed by atoms with Gasteiger partial charge in [0.25, 0.3) is 33.7 Å². The maximum absolute atomic E-state index is 15.1. The third-order valence-corrected chi connectivity index (χ3v) is 25.6. The van der Waals surface area contributed by atoms with Gasteiger partial charge in [0.1, 0.15) is 53.4 Å². The average Bonchev–Trinajstić information content (AvgIpc) is 1.72. The Kier molecular flexibility index (Phi) is 35.8. The van der Waals surface area contributed by atoms with Crippen molar-refractivity contribution in [1.29, 1.82) is 0 Å². The molecule has 16 rings (SSSR count). The van der Waals surface area contributed by atoms with Crippen LogP contribution in [-0.4, -0.2) is 180 Å². The van der Waals surface area contributed by atoms with Crippen LogP contribution in [0.4, 0.5) is 47.3 Å². The number of aromatic nitrogens is 12. The highest BCUT2D eigenvalue weighted by atomic mass is 79.9. The Balaban J connectivity index is 0.000000182. The number of carboxylic acids is 1. The van der Waals surface area contributed by atoms with Crippen molar-refractivity contribution >= 4 is 152 Å². The van der Waals surface area contributed by atoms with E-state index in [9.17, 15) is 33.2 Å². The van der Waals surface area contributed by atoms with Crippen molar-refractivity contribution in [3.63, 3.8) is 0 Å². The first-order chi connectivity index (χ1) is 66.7. The summed E-state index contributed by atoms with van der Waals surface area (Å²) in [7, 11) is 0. The predicted octanol–water partition coefficient (Wildman–Crippen LogP) is 22.5. The van der Waals surface area contributed by atoms with Gasteiger partial charge in [0.15, 0.2) is 0 Å². The minimum Gasteiger partial charge on any atom is -0.478 e. The molecule has 1 aliphatic carbocycles. The number of piperazine rings is 2. The monoisotopic (exact) mass is 2080 g/mol. The summed E-state index contributed by atoms with van der Waals surface area (Å²) >= 11 is 26.8. The molecule has 0 bridgehead atoms. The van der Waals surface area contributed by atoms with E-state index in [4.69, 9.17) is 74.6 Å². The molecule has 12 aromatic rings. The lowest BCUT2D eigenvalue weighted by molar-refractivity contribution is -0.131. The summed E-state index contributed by atoms with van der Waals surface area (Å²) in [6, 6.07) is 24.2. The number of hydrogen-bond donors (Lipinski definition) is 2. The van der Waals surface area contributed by atoms with Crippen LogP contribution in [0.5, 0.6) is 0 Å². The van der Waals surface area contributed by atoms with Gasteiger partial charge in [-0.3, -0.25) is 37.7 Å². The maximum atomic E-state index is 15.1. The number of rotatable bonds is 23. The van der Waals surface area contributed by atoms with Crippen molar-refractivity contribution in [2.24, 2.45) is 0 Å². The molecule has 4 aliphatic rings. The van der Waals surface area contributed by atoms with Crippen LogP contribution in [0.3, 0.4) is 0 Å². The Morgan fingerprint density at radius 1 is 0.429 bits per heavy atom. The van der Waals surface area contributed by atoms with Gasteiger partial charge in [0.05, 0.1) is 120 Å². The molecule has 28 nitrogen and oxygen atoms in total. The number of fused-ring (bicyclic) bond motifs is 3. The fraction of sp³-hybridized carbons (Fsp3) is 0.365. The van der Waals surface area contributed by atoms with Gasteiger partial charge in [0.2, 0.25) is 11.8 Å². The minimum atomic E-state index is -0.903. The lowest BCUT2D eigenvalue weighted by Gasteiger charge is -2.37. The highest BCUT2D eigenvalue weighted by Gasteiger charge is 2.37. The number of piperidine rings is 1. The zero-order valence-corrected chi connectivity index (χ0v) is 84.4. The summed E-state index contributed by atoms with van der Waals surface area (Å²) in [6.45, 7) is 53.4. The first kappa shape index (κ1) is 106. The summed E-state index contributed by atoms with van der Waals surface area (Å²) in [5, 5.41) is 14.5. The fourth-order valence-corrected chi connectivity index (χ4v) is 18.4. The number of allylic oxidation sites excluding steroid dienone is 2. The normalized spacial score (nSPS) is 14.0. The fourth-order valence-electron chi connectivity index (χ4n) is 17.2. The van der Waals surface area contributed by atoms with Crippen molar-refractivity contribution in [2.75, 3.05) is 97.4 Å². The van der Waals surface area contributed by atoms with Crippen molar-refractivity contribution < 1.29 is 32.7 Å². The van der Waals surface area contributed by atoms with Crippen LogP contribution in [0.15, 0.2) is 161 Å². The van der Waals surface area contributed by atoms with Crippen LogP contribution in [0.1, 0.15) is 192 Å². The van der Waals surface area contributed by atoms with E-state index in [1.54, 1.807) is 94.7 Å². The van der Waals surface area contributed by atoms with E-state index in [1.807, 2.05) is 99.0 Å². The molecule has 36 heteroatoms. The molecule has 9 aromatic heterocycles. The number of nitrogens with one attached hydrogen (secondary N) is 1. The lowest BCUT2D eigenvalue weighted by atomic mass is 10.0. The summed E-state index contributed by atoms with van der Waals surface area (Å²) in [4.78, 5) is 142. The van der Waals surface area contributed by atoms with Crippen LogP contribution in [-0.2, 0) is 14.4 Å². The van der Waals surface area contributed by atoms with E-state index < -0.39 is 40.1 Å². The molecule has 1 saturated carbocycles. The molecular weight excluding hydrogens is 1980 g/mol. The van der Waals surface area contributed by atoms with E-state index in [0.29, 0.717) is 166 Å². The molecule has 12 heterocycles. The first-order valence-corrected chi connectivity index (χ1v) is 49.3. The molecule has 3 aromatic carbocycles. The largest absolute Gasteiger partial charge is 0.478 e. The number of aliphatic carboxylic acids is 1. The van der Waals surface area contributed by atoms with Gasteiger partial charge in [-0.25, -0.2) is 77.4 Å². The Morgan fingerprint density at radius 2 is 0.707 bits per heavy atom. The van der Waals surface area contributed by atoms with Gasteiger partial charge in [-0.1, -0.05) is 212 Å². The van der Waals surface area contributed by atoms with E-state index in [0.717, 1.165) is 38.4 Å². The maximum Gasteiger partial charge on any atom is 0.328 e. The molecule has 3 aliphatic heterocycles. The number of pyridine rings is 6. The molecule has 728 valence electrons. The quantitative estimate of drug-likeness (QED) is 0.0342. The zero-order valence-electron chi connectivity index (χ0n) is 79.0. The second-order valence-electron chi connectivity index (χ2n) is 35.5. The smallest absolute Gasteiger partial charge is 0.328 e. The molecule has 2 amide bonds. The number of benzene rings is 3. The molecule has 0 unspecified atom stereocenters. The van der Waals surface area contributed by atoms with Crippen LogP contribution >= 0.6 is 66.7 Å². The van der Waals surface area contributed by atoms with Gasteiger partial charge in [-0.05, 0) is 128 Å². The van der Waals surface area contributed by atoms with Gasteiger partial charge >= 0.3 is 5.97 Å². The number of carbonyl (C=O) groups excluding carboxylic acids is 2. The Labute approximate surface area is 842 Å². The van der Waals surface area contributed by atoms with E-state index >= 15 is 8.78 Å². The third-order valence-electron chi connectivity index (χ3n) is 24.0. The second kappa shape index (κ2) is 47.3. The molecule has 0 radical (unpaired) electrons. The predicted molar refractivity (Wildman–Crippen MR) is 557 cm³/mol. The minimum absolute atomic E-state index is 0. The highest BCUT2D eigenvalue weighted by molar-refractivity contribution is 9.09. The van der Waals surface area contributed by atoms with E-state index in [2.05, 4.69) is 86.5 Å². The number of hydrogen-bond acceptors (Lipinski definition) is 19. The first-order valence-electron chi connectivity index (χ1n) is 45.9. The summed E-state index contributed by atoms with van der Waals surface area (Å²) in [6.07, 6.45) is 19.2. The molecule has 140 heavy (non-hydrogen) atoms. The summed E-state index contributed by atoms with van der Waals surface area (Å²) < 4.78 is 49.5. The van der Waals surface area contributed by atoms with Crippen molar-refractivity contribution in [3.05, 3.63) is 278 Å². The van der Waals surface area contributed by atoms with Gasteiger partial charge in [-0.15, -0.1) is 0 Å². The molecule has 0 spiro atoms. The van der Waals surface area contributed by atoms with Crippen LogP contribution in [0, 0.1) is 37.2 Å². The molecule has 3 saturated heterocycles. The summed E-state index contributed by atoms with van der Waals surface area (Å²) in [5.41, 5.74) is 6.59. The zero-order chi connectivity index (χ0) is 100. The van der Waals surface area contributed by atoms with Crippen LogP contribution in [0.2, 0.25) is 15.1 Å². The van der Waals surface area contributed by atoms with E-state index in [1.165, 1.54) is 75.9 Å². The topological polar surface area (TPSA) is 295 Å². The van der Waals surface area contributed by atoms with Crippen LogP contribution < -0.4 is 36.7 Å². The van der Waals surface area contributed by atoms with Crippen molar-refractivity contribution in [1.82, 2.24) is 73.7 Å². The molecule has 0 atom stereocenters. The number of nitrogens with zero attached hydrogens (tertiary/aromatic N) is 20. The Hall–Kier alpha value is -12.9. The van der Waals surface area contributed by atoms with E-state index in [-0.39, 0.29) is 132 Å². The SMILES string of the molecule is C.O=C(O)/C=C/CBr.[C-]#[N+]c1c(N2CCCCC2)c2cc(Cl)c(-c3ccccc3F)nc2n(-c2c(C(C)C)ncnc2C(C)C)c1=O.[C-]#[N+]c1c(N2CCN(C(=O)/C=C/CBr)CC2)c2cc(Cl)c(-c3ccccc3F)nc2n(-c2c(C(C)C)ncnc2C(C)C)c1=O.[C-]#[N+]c1c(N2CCN(C(=O)/C=C/CNC3CC3)CC2)c2cc(Cl)c(-c3ccccc3F)nc2n(-c2c(C(C)C)ncnc2C(C)C)c1=O. The summed E-state index contributed by atoms with van der Waals surface area (Å²) in [5.74, 6) is -3.05. The molecule has 4 fully saturated rings. The number of halogens is 8. The van der Waals surface area contributed by atoms with Gasteiger partial charge in [0, 0.05) is 134 Å². The van der Waals surface area contributed by atoms with Gasteiger partial charge in [-0.2, -0.15) is 0 Å². The average molecular weight is 2090 g/mol. The Morgan fingerprint density at radius 3 is 0.964 bits per heavy atom. The number of amides is 2. The third kappa shape index (κ3) is 22.9. The second-order valence-corrected chi connectivity index (χ2v) is 38.0. The molecular formula is C104H109Br2Cl3F3N21O7. The van der Waals surface area contributed by atoms with Crippen LogP contribution in [0.25, 0.3) is 98.5 Å². The number of carbonyl (C=O) groups is 3. The van der Waals surface area contributed by atoms with Gasteiger partial charge < -0.3 is 34.9 Å². The standard InChI is InChI=1S/C36H38ClFN8O2.C33H32BrClFN7O2.C30H30ClFN6O.C4H5BrO2.CH4/c1-21(2)29-34(30(22(3)4)42-20-41-29)46-35-25(19-26(37)31(43-35)24-9-6-7-10-27(24)38)33(32(39-5)36(46)48)45-17-15-44(16-18-45)28(47)11-8-14-40-23-12-13-23;1-19(2)26-31(27(20(3)4)39-18-38-26)43-32-22(17-23(35)28(40-32)21-9-6-7-10-24(21)36)30(29(37-5)33(43)45)42-15-13-41(14-16-42)25(44)11-8-12-34;1-17(2)23-28(24(18(3)4)35-16-34-23)38-29-20(15-21(31)25(36-29)19-11-7-8-12-22(19)32)27(26(33-5)30(38)39)37-13-9-6-10-14-37;5-3-1-2-4(6)7;/h6-11,19-23,40H,12-18H2,1-4H3;6-11,17-20H,12-16H2,1-4H3;7-8,11-12,15-18H,6,9-10,13-14H2,1-4H3;1-2H,3H2,(H,6,7);1H4/b2*11-8+;;2-1+;. The highest BCUT2D eigenvalue weighted by Crippen LogP contribution is 2.47. The number of alkyl halides is 2. The van der Waals surface area contributed by atoms with Crippen molar-refractivity contribution in [2.45, 2.75) is 164 Å². The number of anilines is 3. The Bertz CT molecular complexity index is 7050. The van der Waals surface area contributed by atoms with Crippen molar-refractivity contribution in [3.8, 4) is 50.8 Å².